The number of hydrogen-bond donors (Lipinski definition) is 2. The van der Waals surface area contributed by atoms with Gasteiger partial charge in [0.2, 0.25) is 5.91 Å². The Balaban J connectivity index is 2.81. The van der Waals surface area contributed by atoms with E-state index in [1.807, 2.05) is 6.92 Å². The minimum absolute atomic E-state index is 0.454. The second kappa shape index (κ2) is 6.54. The number of benzene rings is 1. The third-order valence-electron chi connectivity index (χ3n) is 2.20. The van der Waals surface area contributed by atoms with E-state index < -0.39 is 21.5 Å². The zero-order chi connectivity index (χ0) is 13.9. The van der Waals surface area contributed by atoms with Gasteiger partial charge in [0, 0.05) is 10.7 Å². The first-order valence-corrected chi connectivity index (χ1v) is 7.12. The number of alkyl halides is 2. The van der Waals surface area contributed by atoms with Gasteiger partial charge in [-0.3, -0.25) is 9.59 Å². The van der Waals surface area contributed by atoms with Crippen molar-refractivity contribution < 1.29 is 14.7 Å². The Morgan fingerprint density at radius 1 is 1.33 bits per heavy atom. The maximum Gasteiger partial charge on any atom is 0.318 e. The van der Waals surface area contributed by atoms with Crippen molar-refractivity contribution >= 4 is 61.0 Å². The number of amides is 1. The fourth-order valence-corrected chi connectivity index (χ4v) is 1.94. The topological polar surface area (TPSA) is 66.4 Å². The van der Waals surface area contributed by atoms with E-state index in [0.717, 1.165) is 5.56 Å². The number of nitrogens with one attached hydrogen (secondary N) is 1. The fraction of sp³-hybridized carbons (Fsp3) is 0.273. The van der Waals surface area contributed by atoms with E-state index in [-0.39, 0.29) is 0 Å². The molecule has 0 aliphatic rings. The van der Waals surface area contributed by atoms with Crippen molar-refractivity contribution in [2.75, 3.05) is 5.32 Å². The standard InChI is InChI=1S/C11H10Br2ClNO3/c1-5-2-3-6(14)4-7(5)15-10(16)8(12)9(13)11(17)18/h2-4,8-9H,1H3,(H,15,16)(H,17,18)/t8-,9-/m1/s1. The van der Waals surface area contributed by atoms with Gasteiger partial charge in [0.25, 0.3) is 0 Å². The Morgan fingerprint density at radius 3 is 2.50 bits per heavy atom. The molecule has 1 rings (SSSR count). The Morgan fingerprint density at radius 2 is 1.94 bits per heavy atom. The Bertz CT molecular complexity index is 481. The van der Waals surface area contributed by atoms with Gasteiger partial charge in [-0.05, 0) is 24.6 Å². The fourth-order valence-electron chi connectivity index (χ4n) is 1.19. The summed E-state index contributed by atoms with van der Waals surface area (Å²) in [5.74, 6) is -1.57. The van der Waals surface area contributed by atoms with Gasteiger partial charge in [0.05, 0.1) is 0 Å². The van der Waals surface area contributed by atoms with Gasteiger partial charge < -0.3 is 10.4 Å². The van der Waals surface area contributed by atoms with E-state index >= 15 is 0 Å². The van der Waals surface area contributed by atoms with Gasteiger partial charge >= 0.3 is 5.97 Å². The van der Waals surface area contributed by atoms with E-state index in [1.165, 1.54) is 0 Å². The minimum atomic E-state index is -1.12. The van der Waals surface area contributed by atoms with Crippen LogP contribution in [0.15, 0.2) is 18.2 Å². The molecular formula is C11H10Br2ClNO3. The molecule has 0 aliphatic carbocycles. The van der Waals surface area contributed by atoms with E-state index in [4.69, 9.17) is 16.7 Å². The number of hydrogen-bond acceptors (Lipinski definition) is 2. The summed E-state index contributed by atoms with van der Waals surface area (Å²) in [5.41, 5.74) is 1.40. The molecule has 0 radical (unpaired) electrons. The molecule has 0 bridgehead atoms. The van der Waals surface area contributed by atoms with Crippen molar-refractivity contribution in [2.45, 2.75) is 16.6 Å². The number of halogens is 3. The summed E-state index contributed by atoms with van der Waals surface area (Å²) in [6.07, 6.45) is 0. The second-order valence-electron chi connectivity index (χ2n) is 3.59. The summed E-state index contributed by atoms with van der Waals surface area (Å²) < 4.78 is 0. The van der Waals surface area contributed by atoms with Crippen LogP contribution in [0.1, 0.15) is 5.56 Å². The molecule has 1 aromatic rings. The van der Waals surface area contributed by atoms with Gasteiger partial charge in [-0.15, -0.1) is 0 Å². The van der Waals surface area contributed by atoms with Crippen LogP contribution in [0.3, 0.4) is 0 Å². The lowest BCUT2D eigenvalue weighted by atomic mass is 10.2. The molecule has 0 fully saturated rings. The molecule has 7 heteroatoms. The molecule has 2 N–H and O–H groups in total. The van der Waals surface area contributed by atoms with Crippen molar-refractivity contribution in [3.63, 3.8) is 0 Å². The van der Waals surface area contributed by atoms with Crippen molar-refractivity contribution in [2.24, 2.45) is 0 Å². The number of carbonyl (C=O) groups excluding carboxylic acids is 1. The highest BCUT2D eigenvalue weighted by molar-refractivity contribution is 9.12. The summed E-state index contributed by atoms with van der Waals surface area (Å²) >= 11 is 11.8. The molecule has 0 saturated heterocycles. The molecule has 98 valence electrons. The Labute approximate surface area is 126 Å². The number of carbonyl (C=O) groups is 2. The Hall–Kier alpha value is -0.590. The van der Waals surface area contributed by atoms with E-state index in [2.05, 4.69) is 37.2 Å². The molecule has 0 saturated carbocycles. The molecule has 2 atom stereocenters. The van der Waals surface area contributed by atoms with Crippen molar-refractivity contribution in [1.82, 2.24) is 0 Å². The number of aryl methyl sites for hydroxylation is 1. The molecule has 0 heterocycles. The van der Waals surface area contributed by atoms with Crippen molar-refractivity contribution in [3.05, 3.63) is 28.8 Å². The van der Waals surface area contributed by atoms with Gasteiger partial charge in [0.1, 0.15) is 9.65 Å². The predicted molar refractivity (Wildman–Crippen MR) is 77.9 cm³/mol. The average molecular weight is 399 g/mol. The van der Waals surface area contributed by atoms with Crippen LogP contribution in [0.4, 0.5) is 5.69 Å². The van der Waals surface area contributed by atoms with Crippen LogP contribution in [0.25, 0.3) is 0 Å². The SMILES string of the molecule is Cc1ccc(Cl)cc1NC(=O)[C@H](Br)[C@@H](Br)C(=O)O. The van der Waals surface area contributed by atoms with Crippen LogP contribution in [-0.4, -0.2) is 26.6 Å². The number of aliphatic carboxylic acids is 1. The highest BCUT2D eigenvalue weighted by atomic mass is 79.9. The zero-order valence-electron chi connectivity index (χ0n) is 9.28. The first-order valence-electron chi connectivity index (χ1n) is 4.91. The molecule has 1 aromatic carbocycles. The summed E-state index contributed by atoms with van der Waals surface area (Å²) in [5, 5.41) is 11.9. The van der Waals surface area contributed by atoms with Crippen LogP contribution in [-0.2, 0) is 9.59 Å². The third-order valence-corrected chi connectivity index (χ3v) is 5.01. The predicted octanol–water partition coefficient (Wildman–Crippen LogP) is 3.20. The first-order chi connectivity index (χ1) is 8.32. The highest BCUT2D eigenvalue weighted by Gasteiger charge is 2.29. The first kappa shape index (κ1) is 15.5. The van der Waals surface area contributed by atoms with Gasteiger partial charge in [-0.2, -0.15) is 0 Å². The molecule has 18 heavy (non-hydrogen) atoms. The second-order valence-corrected chi connectivity index (χ2v) is 6.00. The van der Waals surface area contributed by atoms with Crippen LogP contribution in [0.5, 0.6) is 0 Å². The molecule has 0 unspecified atom stereocenters. The van der Waals surface area contributed by atoms with Gasteiger partial charge in [-0.1, -0.05) is 49.5 Å². The quantitative estimate of drug-likeness (QED) is 0.764. The summed E-state index contributed by atoms with van der Waals surface area (Å²) in [6, 6.07) is 5.09. The smallest absolute Gasteiger partial charge is 0.318 e. The molecule has 0 aromatic heterocycles. The maximum absolute atomic E-state index is 11.8. The summed E-state index contributed by atoms with van der Waals surface area (Å²) in [7, 11) is 0. The minimum Gasteiger partial charge on any atom is -0.480 e. The average Bonchev–Trinajstić information content (AvgIpc) is 2.31. The molecule has 1 amide bonds. The summed E-state index contributed by atoms with van der Waals surface area (Å²) in [4.78, 5) is 20.7. The Kier molecular flexibility index (Phi) is 5.62. The highest BCUT2D eigenvalue weighted by Crippen LogP contribution is 2.22. The molecule has 0 spiro atoms. The van der Waals surface area contributed by atoms with Crippen LogP contribution < -0.4 is 5.32 Å². The number of rotatable bonds is 4. The van der Waals surface area contributed by atoms with E-state index in [0.29, 0.717) is 10.7 Å². The van der Waals surface area contributed by atoms with Crippen LogP contribution >= 0.6 is 43.5 Å². The third kappa shape index (κ3) is 3.96. The zero-order valence-corrected chi connectivity index (χ0v) is 13.2. The van der Waals surface area contributed by atoms with Crippen LogP contribution in [0.2, 0.25) is 5.02 Å². The molecule has 4 nitrogen and oxygen atoms in total. The number of carboxylic acids is 1. The largest absolute Gasteiger partial charge is 0.480 e. The monoisotopic (exact) mass is 397 g/mol. The van der Waals surface area contributed by atoms with Crippen LogP contribution in [0, 0.1) is 6.92 Å². The van der Waals surface area contributed by atoms with Gasteiger partial charge in [0.15, 0.2) is 0 Å². The lowest BCUT2D eigenvalue weighted by molar-refractivity contribution is -0.137. The molecule has 0 aliphatic heterocycles. The number of carboxylic acid groups (broad SMARTS) is 1. The lowest BCUT2D eigenvalue weighted by Gasteiger charge is -2.14. The lowest BCUT2D eigenvalue weighted by Crippen LogP contribution is -2.34. The summed E-state index contributed by atoms with van der Waals surface area (Å²) in [6.45, 7) is 1.82. The van der Waals surface area contributed by atoms with E-state index in [9.17, 15) is 9.59 Å². The normalized spacial score (nSPS) is 13.8. The maximum atomic E-state index is 11.8. The van der Waals surface area contributed by atoms with Gasteiger partial charge in [-0.25, -0.2) is 0 Å². The van der Waals surface area contributed by atoms with Crippen molar-refractivity contribution in [1.29, 1.82) is 0 Å². The van der Waals surface area contributed by atoms with Crippen molar-refractivity contribution in [3.8, 4) is 0 Å². The molecular weight excluding hydrogens is 389 g/mol. The van der Waals surface area contributed by atoms with E-state index in [1.54, 1.807) is 18.2 Å². The number of anilines is 1.